The van der Waals surface area contributed by atoms with Crippen LogP contribution in [0.1, 0.15) is 17.2 Å². The molecule has 3 heterocycles. The molecule has 3 aromatic heterocycles. The van der Waals surface area contributed by atoms with Gasteiger partial charge in [-0.1, -0.05) is 17.7 Å². The highest BCUT2D eigenvalue weighted by Gasteiger charge is 2.23. The number of aromatic nitrogens is 3. The van der Waals surface area contributed by atoms with Crippen LogP contribution in [0.2, 0.25) is 5.02 Å². The quantitative estimate of drug-likeness (QED) is 0.238. The lowest BCUT2D eigenvalue weighted by molar-refractivity contribution is -0.109. The number of aldehydes is 1. The number of nitrogens with zero attached hydrogens (tertiary/aromatic N) is 2. The second kappa shape index (κ2) is 10.7. The van der Waals surface area contributed by atoms with E-state index in [4.69, 9.17) is 21.1 Å². The molecule has 0 spiro atoms. The zero-order chi connectivity index (χ0) is 24.9. The number of carbonyl (C=O) groups is 1. The highest BCUT2D eigenvalue weighted by Crippen LogP contribution is 2.39. The van der Waals surface area contributed by atoms with Gasteiger partial charge in [0.15, 0.2) is 5.82 Å². The Labute approximate surface area is 205 Å². The SMILES string of the molecule is CNc1cnc2[nH]cc(C(O)c3ccc(Oc4ncccc4F)cc3Cl)c2c1NC(C=O)COC. The normalized spacial score (nSPS) is 12.8. The van der Waals surface area contributed by atoms with Gasteiger partial charge in [0.2, 0.25) is 0 Å². The fourth-order valence-electron chi connectivity index (χ4n) is 3.67. The Hall–Kier alpha value is -3.73. The van der Waals surface area contributed by atoms with Gasteiger partial charge in [0.1, 0.15) is 29.8 Å². The van der Waals surface area contributed by atoms with Crippen LogP contribution in [0.15, 0.2) is 48.9 Å². The Bertz CT molecular complexity index is 1350. The number of fused-ring (bicyclic) bond motifs is 1. The summed E-state index contributed by atoms with van der Waals surface area (Å²) in [5.41, 5.74) is 2.58. The number of aliphatic hydroxyl groups is 1. The highest BCUT2D eigenvalue weighted by atomic mass is 35.5. The first-order chi connectivity index (χ1) is 17.0. The van der Waals surface area contributed by atoms with E-state index in [1.807, 2.05) is 0 Å². The Morgan fingerprint density at radius 3 is 2.80 bits per heavy atom. The number of hydrogen-bond acceptors (Lipinski definition) is 8. The summed E-state index contributed by atoms with van der Waals surface area (Å²) in [6.45, 7) is 0.156. The van der Waals surface area contributed by atoms with E-state index in [2.05, 4.69) is 25.6 Å². The van der Waals surface area contributed by atoms with Crippen molar-refractivity contribution in [1.29, 1.82) is 0 Å². The average Bonchev–Trinajstić information content (AvgIpc) is 3.29. The number of H-pyrrole nitrogens is 1. The minimum atomic E-state index is -1.15. The van der Waals surface area contributed by atoms with Crippen LogP contribution in [0.5, 0.6) is 11.6 Å². The van der Waals surface area contributed by atoms with Crippen molar-refractivity contribution in [1.82, 2.24) is 15.0 Å². The monoisotopic (exact) mass is 499 g/mol. The molecular weight excluding hydrogens is 477 g/mol. The molecule has 0 saturated carbocycles. The lowest BCUT2D eigenvalue weighted by Crippen LogP contribution is -2.27. The predicted octanol–water partition coefficient (Wildman–Crippen LogP) is 4.29. The van der Waals surface area contributed by atoms with Crippen LogP contribution in [0.4, 0.5) is 15.8 Å². The summed E-state index contributed by atoms with van der Waals surface area (Å²) in [5.74, 6) is -0.533. The summed E-state index contributed by atoms with van der Waals surface area (Å²) in [4.78, 5) is 22.9. The van der Waals surface area contributed by atoms with Crippen LogP contribution >= 0.6 is 11.6 Å². The molecule has 1 aromatic carbocycles. The second-order valence-electron chi connectivity index (χ2n) is 7.59. The number of anilines is 2. The van der Waals surface area contributed by atoms with Gasteiger partial charge in [0, 0.05) is 37.7 Å². The van der Waals surface area contributed by atoms with Gasteiger partial charge in [-0.25, -0.2) is 14.4 Å². The minimum Gasteiger partial charge on any atom is -0.436 e. The van der Waals surface area contributed by atoms with E-state index in [0.29, 0.717) is 33.5 Å². The molecule has 0 aliphatic heterocycles. The summed E-state index contributed by atoms with van der Waals surface area (Å²) >= 11 is 6.47. The van der Waals surface area contributed by atoms with Gasteiger partial charge in [-0.05, 0) is 24.3 Å². The van der Waals surface area contributed by atoms with Crippen LogP contribution < -0.4 is 15.4 Å². The van der Waals surface area contributed by atoms with Gasteiger partial charge in [0.25, 0.3) is 5.88 Å². The number of pyridine rings is 2. The van der Waals surface area contributed by atoms with Crippen molar-refractivity contribution in [2.75, 3.05) is 31.4 Å². The maximum absolute atomic E-state index is 13.9. The van der Waals surface area contributed by atoms with E-state index in [1.165, 1.54) is 31.5 Å². The number of aromatic amines is 1. The van der Waals surface area contributed by atoms with E-state index in [0.717, 1.165) is 6.29 Å². The number of halogens is 2. The van der Waals surface area contributed by atoms with E-state index in [1.54, 1.807) is 31.6 Å². The smallest absolute Gasteiger partial charge is 0.255 e. The first kappa shape index (κ1) is 24.4. The highest BCUT2D eigenvalue weighted by molar-refractivity contribution is 6.31. The molecule has 9 nitrogen and oxygen atoms in total. The molecule has 0 bridgehead atoms. The van der Waals surface area contributed by atoms with Crippen molar-refractivity contribution >= 4 is 40.3 Å². The van der Waals surface area contributed by atoms with Crippen LogP contribution in [-0.4, -0.2) is 53.2 Å². The van der Waals surface area contributed by atoms with E-state index in [-0.39, 0.29) is 23.3 Å². The van der Waals surface area contributed by atoms with Crippen molar-refractivity contribution < 1.29 is 23.8 Å². The van der Waals surface area contributed by atoms with Gasteiger partial charge in [-0.2, -0.15) is 0 Å². The van der Waals surface area contributed by atoms with Crippen molar-refractivity contribution in [2.45, 2.75) is 12.1 Å². The number of aliphatic hydroxyl groups excluding tert-OH is 1. The molecule has 0 saturated heterocycles. The number of nitrogens with one attached hydrogen (secondary N) is 3. The third-order valence-corrected chi connectivity index (χ3v) is 5.67. The predicted molar refractivity (Wildman–Crippen MR) is 131 cm³/mol. The van der Waals surface area contributed by atoms with Crippen LogP contribution in [0.25, 0.3) is 11.0 Å². The molecule has 0 aliphatic carbocycles. The Balaban J connectivity index is 1.71. The average molecular weight is 500 g/mol. The molecule has 0 fully saturated rings. The number of ether oxygens (including phenoxy) is 2. The molecule has 182 valence electrons. The zero-order valence-electron chi connectivity index (χ0n) is 18.9. The van der Waals surface area contributed by atoms with Crippen molar-refractivity contribution in [2.24, 2.45) is 0 Å². The third kappa shape index (κ3) is 5.04. The molecule has 2 atom stereocenters. The molecule has 0 radical (unpaired) electrons. The van der Waals surface area contributed by atoms with E-state index in [9.17, 15) is 14.3 Å². The largest absolute Gasteiger partial charge is 0.436 e. The Kier molecular flexibility index (Phi) is 7.45. The summed E-state index contributed by atoms with van der Waals surface area (Å²) in [7, 11) is 3.23. The zero-order valence-corrected chi connectivity index (χ0v) is 19.6. The first-order valence-corrected chi connectivity index (χ1v) is 11.0. The summed E-state index contributed by atoms with van der Waals surface area (Å²) in [6.07, 6.45) is 4.25. The standard InChI is InChI=1S/C24H23ClFN5O4/c1-27-19-10-30-23-20(21(19)31-13(11-32)12-34-2)16(9-29-23)22(33)15-6-5-14(8-17(15)25)35-24-18(26)4-3-7-28-24/h3-11,13,22,27,33H,12H2,1-2H3,(H2,29,30,31). The molecular formula is C24H23ClFN5O4. The number of hydrogen-bond donors (Lipinski definition) is 4. The van der Waals surface area contributed by atoms with Gasteiger partial charge in [-0.15, -0.1) is 0 Å². The fourth-order valence-corrected chi connectivity index (χ4v) is 3.95. The molecule has 11 heteroatoms. The van der Waals surface area contributed by atoms with Gasteiger partial charge in [0.05, 0.1) is 34.6 Å². The summed E-state index contributed by atoms with van der Waals surface area (Å²) < 4.78 is 24.5. The fraction of sp³-hybridized carbons (Fsp3) is 0.208. The molecule has 4 aromatic rings. The van der Waals surface area contributed by atoms with Gasteiger partial charge < -0.3 is 35.0 Å². The van der Waals surface area contributed by atoms with Crippen molar-refractivity contribution in [3.8, 4) is 11.6 Å². The van der Waals surface area contributed by atoms with E-state index >= 15 is 0 Å². The molecule has 4 rings (SSSR count). The van der Waals surface area contributed by atoms with E-state index < -0.39 is 18.0 Å². The molecule has 35 heavy (non-hydrogen) atoms. The second-order valence-corrected chi connectivity index (χ2v) is 7.99. The number of rotatable bonds is 10. The number of benzene rings is 1. The molecule has 0 amide bonds. The Morgan fingerprint density at radius 1 is 1.29 bits per heavy atom. The molecule has 4 N–H and O–H groups in total. The summed E-state index contributed by atoms with van der Waals surface area (Å²) in [6, 6.07) is 6.69. The third-order valence-electron chi connectivity index (χ3n) is 5.34. The summed E-state index contributed by atoms with van der Waals surface area (Å²) in [5, 5.41) is 18.3. The molecule has 2 unspecified atom stereocenters. The van der Waals surface area contributed by atoms with Crippen molar-refractivity contribution in [3.63, 3.8) is 0 Å². The number of carbonyl (C=O) groups excluding carboxylic acids is 1. The van der Waals surface area contributed by atoms with Crippen molar-refractivity contribution in [3.05, 3.63) is 70.9 Å². The maximum Gasteiger partial charge on any atom is 0.255 e. The van der Waals surface area contributed by atoms with Gasteiger partial charge in [-0.3, -0.25) is 0 Å². The van der Waals surface area contributed by atoms with Crippen LogP contribution in [-0.2, 0) is 9.53 Å². The Morgan fingerprint density at radius 2 is 2.11 bits per heavy atom. The molecule has 0 aliphatic rings. The lowest BCUT2D eigenvalue weighted by atomic mass is 10.00. The minimum absolute atomic E-state index is 0.156. The number of methoxy groups -OCH3 is 1. The lowest BCUT2D eigenvalue weighted by Gasteiger charge is -2.19. The maximum atomic E-state index is 13.9. The van der Waals surface area contributed by atoms with Gasteiger partial charge >= 0.3 is 0 Å². The van der Waals surface area contributed by atoms with Crippen LogP contribution in [0, 0.1) is 5.82 Å². The van der Waals surface area contributed by atoms with Crippen LogP contribution in [0.3, 0.4) is 0 Å². The first-order valence-electron chi connectivity index (χ1n) is 10.6. The topological polar surface area (TPSA) is 121 Å².